The molecule has 3 nitrogen and oxygen atoms in total. The topological polar surface area (TPSA) is 34.9 Å². The Morgan fingerprint density at radius 2 is 1.48 bits per heavy atom. The van der Waals surface area contributed by atoms with Crippen LogP contribution in [0.2, 0.25) is 0 Å². The predicted molar refractivity (Wildman–Crippen MR) is 79.2 cm³/mol. The first-order chi connectivity index (χ1) is 11.6. The van der Waals surface area contributed by atoms with Crippen molar-refractivity contribution >= 4 is 5.78 Å². The van der Waals surface area contributed by atoms with Gasteiger partial charge in [0.25, 0.3) is 0 Å². The number of fused-ring (bicyclic) bond motifs is 1. The number of hydrogen-bond acceptors (Lipinski definition) is 2. The van der Waals surface area contributed by atoms with Crippen LogP contribution in [0.15, 0.2) is 0 Å². The van der Waals surface area contributed by atoms with Gasteiger partial charge in [0.05, 0.1) is 17.0 Å². The van der Waals surface area contributed by atoms with Crippen molar-refractivity contribution in [1.29, 1.82) is 0 Å². The Hall–Kier alpha value is -2.25. The van der Waals surface area contributed by atoms with Gasteiger partial charge >= 0.3 is 0 Å². The molecule has 0 fully saturated rings. The number of carbonyl (C=O) groups is 1. The minimum Gasteiger partial charge on any atom is -0.294 e. The van der Waals surface area contributed by atoms with Crippen LogP contribution in [0.25, 0.3) is 5.69 Å². The highest BCUT2D eigenvalue weighted by Gasteiger charge is 2.37. The fraction of sp³-hybridized carbons (Fsp3) is 0.412. The van der Waals surface area contributed by atoms with E-state index >= 15 is 0 Å². The molecule has 1 aromatic carbocycles. The Balaban J connectivity index is 2.33. The third kappa shape index (κ3) is 2.54. The van der Waals surface area contributed by atoms with Crippen LogP contribution in [0.4, 0.5) is 22.0 Å². The van der Waals surface area contributed by atoms with Crippen LogP contribution >= 0.6 is 0 Å². The van der Waals surface area contributed by atoms with Gasteiger partial charge in [-0.1, -0.05) is 20.8 Å². The van der Waals surface area contributed by atoms with E-state index in [0.29, 0.717) is 16.8 Å². The second-order valence-corrected chi connectivity index (χ2v) is 6.89. The summed E-state index contributed by atoms with van der Waals surface area (Å²) in [5, 5.41) is 4.03. The van der Waals surface area contributed by atoms with Gasteiger partial charge in [-0.3, -0.25) is 4.79 Å². The first-order valence-corrected chi connectivity index (χ1v) is 7.74. The number of aromatic nitrogens is 2. The van der Waals surface area contributed by atoms with Crippen molar-refractivity contribution in [3.8, 4) is 5.69 Å². The second-order valence-electron chi connectivity index (χ2n) is 6.89. The zero-order valence-corrected chi connectivity index (χ0v) is 13.8. The fourth-order valence-electron chi connectivity index (χ4n) is 3.28. The lowest BCUT2D eigenvalue weighted by molar-refractivity contribution is 0.0911. The number of hydrogen-bond donors (Lipinski definition) is 0. The summed E-state index contributed by atoms with van der Waals surface area (Å²) in [6, 6.07) is 0. The molecule has 0 saturated heterocycles. The van der Waals surface area contributed by atoms with E-state index in [-0.39, 0.29) is 29.9 Å². The van der Waals surface area contributed by atoms with E-state index in [1.54, 1.807) is 6.92 Å². The minimum absolute atomic E-state index is 0.138. The van der Waals surface area contributed by atoms with Crippen molar-refractivity contribution in [2.24, 2.45) is 5.41 Å². The molecule has 0 bridgehead atoms. The molecule has 1 aliphatic carbocycles. The zero-order valence-electron chi connectivity index (χ0n) is 13.8. The summed E-state index contributed by atoms with van der Waals surface area (Å²) in [5.74, 6) is -10.5. The van der Waals surface area contributed by atoms with E-state index in [0.717, 1.165) is 0 Å². The zero-order chi connectivity index (χ0) is 18.7. The van der Waals surface area contributed by atoms with E-state index in [1.807, 2.05) is 13.8 Å². The smallest absolute Gasteiger partial charge is 0.200 e. The van der Waals surface area contributed by atoms with Crippen LogP contribution in [0.3, 0.4) is 0 Å². The minimum atomic E-state index is -2.23. The first-order valence-electron chi connectivity index (χ1n) is 7.74. The molecule has 0 amide bonds. The molecule has 0 aliphatic heterocycles. The lowest BCUT2D eigenvalue weighted by Gasteiger charge is -2.27. The maximum Gasteiger partial charge on any atom is 0.200 e. The SMILES string of the molecule is CCc1c2c(nn1-c1c(F)c(F)c(F)c(F)c1F)CC(C)(C)CC2=O. The molecule has 0 spiro atoms. The van der Waals surface area contributed by atoms with Crippen LogP contribution in [-0.2, 0) is 12.8 Å². The standard InChI is InChI=1S/C17H15F5N2O/c1-4-8-10-7(5-17(2,3)6-9(10)25)23-24(8)16-14(21)12(19)11(18)13(20)15(16)22/h4-6H2,1-3H3. The van der Waals surface area contributed by atoms with E-state index in [2.05, 4.69) is 5.10 Å². The summed E-state index contributed by atoms with van der Waals surface area (Å²) in [6.07, 6.45) is 0.729. The van der Waals surface area contributed by atoms with Crippen molar-refractivity contribution in [2.45, 2.75) is 40.0 Å². The third-order valence-electron chi connectivity index (χ3n) is 4.35. The highest BCUT2D eigenvalue weighted by atomic mass is 19.2. The predicted octanol–water partition coefficient (Wildman–Crippen LogP) is 4.29. The van der Waals surface area contributed by atoms with Gasteiger partial charge in [0.15, 0.2) is 29.1 Å². The molecular formula is C17H15F5N2O. The van der Waals surface area contributed by atoms with E-state index in [9.17, 15) is 26.7 Å². The van der Waals surface area contributed by atoms with Crippen molar-refractivity contribution in [1.82, 2.24) is 9.78 Å². The van der Waals surface area contributed by atoms with Crippen LogP contribution in [-0.4, -0.2) is 15.6 Å². The second kappa shape index (κ2) is 5.64. The summed E-state index contributed by atoms with van der Waals surface area (Å²) >= 11 is 0. The molecule has 2 aromatic rings. The van der Waals surface area contributed by atoms with Gasteiger partial charge in [-0.25, -0.2) is 26.6 Å². The van der Waals surface area contributed by atoms with Crippen LogP contribution in [0.5, 0.6) is 0 Å². The first kappa shape index (κ1) is 17.6. The summed E-state index contributed by atoms with van der Waals surface area (Å²) in [4.78, 5) is 12.4. The average Bonchev–Trinajstić information content (AvgIpc) is 2.88. The quantitative estimate of drug-likeness (QED) is 0.456. The largest absolute Gasteiger partial charge is 0.294 e. The lowest BCUT2D eigenvalue weighted by atomic mass is 9.75. The number of halogens is 5. The maximum atomic E-state index is 14.2. The monoisotopic (exact) mass is 358 g/mol. The molecule has 1 aromatic heterocycles. The normalized spacial score (nSPS) is 16.2. The van der Waals surface area contributed by atoms with Crippen LogP contribution < -0.4 is 0 Å². The Kier molecular flexibility index (Phi) is 3.96. The molecule has 0 unspecified atom stereocenters. The highest BCUT2D eigenvalue weighted by molar-refractivity contribution is 6.00. The fourth-order valence-corrected chi connectivity index (χ4v) is 3.28. The van der Waals surface area contributed by atoms with E-state index < -0.39 is 40.2 Å². The van der Waals surface area contributed by atoms with Gasteiger partial charge < -0.3 is 0 Å². The molecular weight excluding hydrogens is 343 g/mol. The maximum absolute atomic E-state index is 14.2. The number of nitrogens with zero attached hydrogens (tertiary/aromatic N) is 2. The van der Waals surface area contributed by atoms with Gasteiger partial charge in [-0.05, 0) is 18.3 Å². The highest BCUT2D eigenvalue weighted by Crippen LogP contribution is 2.37. The summed E-state index contributed by atoms with van der Waals surface area (Å²) in [7, 11) is 0. The Morgan fingerprint density at radius 1 is 0.960 bits per heavy atom. The molecule has 1 aliphatic rings. The molecule has 0 radical (unpaired) electrons. The van der Waals surface area contributed by atoms with Gasteiger partial charge in [0.1, 0.15) is 5.69 Å². The lowest BCUT2D eigenvalue weighted by Crippen LogP contribution is -2.27. The molecule has 0 atom stereocenters. The van der Waals surface area contributed by atoms with Gasteiger partial charge in [-0.2, -0.15) is 5.10 Å². The number of ketones is 1. The molecule has 25 heavy (non-hydrogen) atoms. The summed E-state index contributed by atoms with van der Waals surface area (Å²) in [6.45, 7) is 5.31. The average molecular weight is 358 g/mol. The van der Waals surface area contributed by atoms with E-state index in [4.69, 9.17) is 0 Å². The molecule has 8 heteroatoms. The number of rotatable bonds is 2. The van der Waals surface area contributed by atoms with Crippen molar-refractivity contribution < 1.29 is 26.7 Å². The number of carbonyl (C=O) groups excluding carboxylic acids is 1. The summed E-state index contributed by atoms with van der Waals surface area (Å²) < 4.78 is 69.3. The van der Waals surface area contributed by atoms with Gasteiger partial charge in [0.2, 0.25) is 5.82 Å². The molecule has 134 valence electrons. The van der Waals surface area contributed by atoms with Crippen molar-refractivity contribution in [3.63, 3.8) is 0 Å². The van der Waals surface area contributed by atoms with Crippen molar-refractivity contribution in [2.75, 3.05) is 0 Å². The van der Waals surface area contributed by atoms with Crippen LogP contribution in [0, 0.1) is 34.5 Å². The van der Waals surface area contributed by atoms with Crippen LogP contribution in [0.1, 0.15) is 48.9 Å². The Morgan fingerprint density at radius 3 is 2.00 bits per heavy atom. The number of Topliss-reactive ketones (excluding diaryl/α,β-unsaturated/α-hetero) is 1. The van der Waals surface area contributed by atoms with E-state index in [1.165, 1.54) is 0 Å². The Labute approximate surface area is 140 Å². The van der Waals surface area contributed by atoms with Gasteiger partial charge in [0, 0.05) is 6.42 Å². The van der Waals surface area contributed by atoms with Crippen molar-refractivity contribution in [3.05, 3.63) is 46.0 Å². The summed E-state index contributed by atoms with van der Waals surface area (Å²) in [5.41, 5.74) is -0.898. The molecule has 0 N–H and O–H groups in total. The Bertz CT molecular complexity index is 872. The number of benzene rings is 1. The molecule has 1 heterocycles. The van der Waals surface area contributed by atoms with Gasteiger partial charge in [-0.15, -0.1) is 0 Å². The third-order valence-corrected chi connectivity index (χ3v) is 4.35. The molecule has 3 rings (SSSR count). The molecule has 0 saturated carbocycles.